The third-order valence-electron chi connectivity index (χ3n) is 6.27. The highest BCUT2D eigenvalue weighted by molar-refractivity contribution is 5.60. The first kappa shape index (κ1) is 24.8. The number of rotatable bonds is 13. The van der Waals surface area contributed by atoms with Gasteiger partial charge in [0.15, 0.2) is 11.6 Å². The predicted octanol–water partition coefficient (Wildman–Crippen LogP) is 5.57. The van der Waals surface area contributed by atoms with Crippen LogP contribution >= 0.6 is 0 Å². The summed E-state index contributed by atoms with van der Waals surface area (Å²) in [4.78, 5) is 4.85. The van der Waals surface area contributed by atoms with Gasteiger partial charge in [-0.2, -0.15) is 5.10 Å². The fourth-order valence-electron chi connectivity index (χ4n) is 4.44. The highest BCUT2D eigenvalue weighted by Crippen LogP contribution is 2.27. The molecule has 3 heterocycles. The minimum atomic E-state index is 0.548. The Kier molecular flexibility index (Phi) is 8.45. The van der Waals surface area contributed by atoms with Crippen molar-refractivity contribution in [2.45, 2.75) is 85.6 Å². The number of nitrogens with zero attached hydrogens (tertiary/aromatic N) is 7. The number of benzene rings is 1. The Bertz CT molecular complexity index is 1170. The largest absolute Gasteiger partial charge is 0.314 e. The molecule has 0 saturated heterocycles. The molecule has 0 spiro atoms. The van der Waals surface area contributed by atoms with E-state index >= 15 is 0 Å². The minimum Gasteiger partial charge on any atom is -0.314 e. The van der Waals surface area contributed by atoms with Crippen LogP contribution in [0.15, 0.2) is 36.5 Å². The van der Waals surface area contributed by atoms with Gasteiger partial charge in [0.25, 0.3) is 0 Å². The summed E-state index contributed by atoms with van der Waals surface area (Å²) in [5, 5.41) is 19.6. The van der Waals surface area contributed by atoms with Gasteiger partial charge in [0, 0.05) is 24.7 Å². The summed E-state index contributed by atoms with van der Waals surface area (Å²) >= 11 is 0. The van der Waals surface area contributed by atoms with Gasteiger partial charge < -0.3 is 4.57 Å². The Morgan fingerprint density at radius 1 is 0.943 bits per heavy atom. The Hall–Kier alpha value is -3.29. The fraction of sp³-hybridized carbons (Fsp3) is 0.519. The molecule has 0 bridgehead atoms. The molecule has 186 valence electrons. The average molecular weight is 475 g/mol. The number of hydrogen-bond acceptors (Lipinski definition) is 5. The molecule has 3 aromatic heterocycles. The van der Waals surface area contributed by atoms with Crippen LogP contribution in [0.1, 0.15) is 82.6 Å². The number of unbranched alkanes of at least 4 members (excludes halogenated alkanes) is 3. The van der Waals surface area contributed by atoms with Crippen molar-refractivity contribution in [2.75, 3.05) is 0 Å². The van der Waals surface area contributed by atoms with Crippen LogP contribution < -0.4 is 0 Å². The molecule has 0 saturated carbocycles. The van der Waals surface area contributed by atoms with E-state index in [4.69, 9.17) is 10.1 Å². The Morgan fingerprint density at radius 3 is 2.43 bits per heavy atom. The van der Waals surface area contributed by atoms with Crippen molar-refractivity contribution < 1.29 is 0 Å². The maximum atomic E-state index is 4.85. The summed E-state index contributed by atoms with van der Waals surface area (Å²) in [6.07, 6.45) is 10.9. The van der Waals surface area contributed by atoms with Gasteiger partial charge in [0.2, 0.25) is 0 Å². The van der Waals surface area contributed by atoms with Crippen molar-refractivity contribution in [2.24, 2.45) is 5.92 Å². The second kappa shape index (κ2) is 11.9. The maximum Gasteiger partial charge on any atom is 0.196 e. The molecule has 0 amide bonds. The van der Waals surface area contributed by atoms with Crippen LogP contribution in [0.4, 0.5) is 0 Å². The summed E-state index contributed by atoms with van der Waals surface area (Å²) in [6, 6.07) is 10.9. The highest BCUT2D eigenvalue weighted by atomic mass is 15.5. The lowest BCUT2D eigenvalue weighted by atomic mass is 10.1. The van der Waals surface area contributed by atoms with Crippen molar-refractivity contribution in [3.8, 4) is 17.2 Å². The van der Waals surface area contributed by atoms with Crippen molar-refractivity contribution in [3.63, 3.8) is 0 Å². The van der Waals surface area contributed by atoms with Gasteiger partial charge >= 0.3 is 0 Å². The van der Waals surface area contributed by atoms with Gasteiger partial charge in [-0.15, -0.1) is 5.10 Å². The third kappa shape index (κ3) is 6.24. The molecule has 0 aliphatic rings. The third-order valence-corrected chi connectivity index (χ3v) is 6.27. The molecular formula is C27H38N8. The molecule has 0 aliphatic carbocycles. The van der Waals surface area contributed by atoms with E-state index < -0.39 is 0 Å². The van der Waals surface area contributed by atoms with Gasteiger partial charge in [0.05, 0.1) is 12.2 Å². The zero-order chi connectivity index (χ0) is 24.6. The molecule has 0 unspecified atom stereocenters. The molecule has 8 heteroatoms. The van der Waals surface area contributed by atoms with E-state index in [9.17, 15) is 0 Å². The summed E-state index contributed by atoms with van der Waals surface area (Å²) in [7, 11) is 0. The second-order valence-electron chi connectivity index (χ2n) is 9.74. The monoisotopic (exact) mass is 474 g/mol. The first-order valence-corrected chi connectivity index (χ1v) is 13.0. The molecule has 0 atom stereocenters. The second-order valence-corrected chi connectivity index (χ2v) is 9.74. The normalized spacial score (nSPS) is 11.6. The Labute approximate surface area is 208 Å². The lowest BCUT2D eigenvalue weighted by Crippen LogP contribution is -2.08. The molecule has 4 aromatic rings. The lowest BCUT2D eigenvalue weighted by Gasteiger charge is -2.11. The summed E-state index contributed by atoms with van der Waals surface area (Å²) in [5.74, 6) is 3.29. The van der Waals surface area contributed by atoms with Crippen LogP contribution in [0.2, 0.25) is 0 Å². The number of hydrogen-bond donors (Lipinski definition) is 1. The van der Waals surface area contributed by atoms with Crippen LogP contribution in [-0.4, -0.2) is 40.0 Å². The van der Waals surface area contributed by atoms with E-state index in [2.05, 4.69) is 94.1 Å². The first-order valence-electron chi connectivity index (χ1n) is 13.0. The zero-order valence-electron chi connectivity index (χ0n) is 21.5. The minimum absolute atomic E-state index is 0.548. The van der Waals surface area contributed by atoms with Crippen molar-refractivity contribution >= 4 is 0 Å². The summed E-state index contributed by atoms with van der Waals surface area (Å²) < 4.78 is 4.27. The van der Waals surface area contributed by atoms with E-state index in [1.807, 2.05) is 0 Å². The van der Waals surface area contributed by atoms with E-state index in [0.717, 1.165) is 68.1 Å². The number of H-pyrrole nitrogens is 1. The standard InChI is InChI=1S/C27H38N8/c1-5-7-9-10-22-16-17-34(26(22)27-29-32-33-30-27)23-14-12-21(13-15-23)19-35-25(11-8-6-2)28-24(31-35)18-20(3)4/h12-17,20H,5-11,18-19H2,1-4H3,(H,29,30,32,33). The van der Waals surface area contributed by atoms with E-state index in [-0.39, 0.29) is 0 Å². The van der Waals surface area contributed by atoms with Gasteiger partial charge in [-0.3, -0.25) is 0 Å². The van der Waals surface area contributed by atoms with Crippen LogP contribution in [0.3, 0.4) is 0 Å². The summed E-state index contributed by atoms with van der Waals surface area (Å²) in [5.41, 5.74) is 4.61. The van der Waals surface area contributed by atoms with Gasteiger partial charge in [0.1, 0.15) is 5.82 Å². The van der Waals surface area contributed by atoms with Gasteiger partial charge in [-0.25, -0.2) is 14.8 Å². The SMILES string of the molecule is CCCCCc1ccn(-c2ccc(Cn3nc(CC(C)C)nc3CCCC)cc2)c1-c1nnn[nH]1. The maximum absolute atomic E-state index is 4.85. The number of aromatic nitrogens is 8. The molecule has 35 heavy (non-hydrogen) atoms. The first-order chi connectivity index (χ1) is 17.1. The van der Waals surface area contributed by atoms with Crippen LogP contribution in [0.25, 0.3) is 17.2 Å². The van der Waals surface area contributed by atoms with Crippen LogP contribution in [-0.2, 0) is 25.8 Å². The molecule has 8 nitrogen and oxygen atoms in total. The number of aromatic amines is 1. The van der Waals surface area contributed by atoms with Crippen molar-refractivity contribution in [1.29, 1.82) is 0 Å². The Balaban J connectivity index is 1.57. The number of aryl methyl sites for hydroxylation is 2. The van der Waals surface area contributed by atoms with Crippen LogP contribution in [0.5, 0.6) is 0 Å². The molecule has 0 radical (unpaired) electrons. The lowest BCUT2D eigenvalue weighted by molar-refractivity contribution is 0.592. The number of nitrogens with one attached hydrogen (secondary N) is 1. The van der Waals surface area contributed by atoms with Gasteiger partial charge in [-0.1, -0.05) is 59.1 Å². The van der Waals surface area contributed by atoms with Crippen molar-refractivity contribution in [3.05, 3.63) is 59.3 Å². The smallest absolute Gasteiger partial charge is 0.196 e. The molecule has 1 N–H and O–H groups in total. The quantitative estimate of drug-likeness (QED) is 0.256. The van der Waals surface area contributed by atoms with Crippen LogP contribution in [0, 0.1) is 5.92 Å². The molecule has 4 rings (SSSR count). The van der Waals surface area contributed by atoms with E-state index in [0.29, 0.717) is 11.7 Å². The highest BCUT2D eigenvalue weighted by Gasteiger charge is 2.16. The Morgan fingerprint density at radius 2 is 1.74 bits per heavy atom. The van der Waals surface area contributed by atoms with E-state index in [1.54, 1.807) is 0 Å². The number of tetrazole rings is 1. The summed E-state index contributed by atoms with van der Waals surface area (Å²) in [6.45, 7) is 9.60. The topological polar surface area (TPSA) is 90.1 Å². The zero-order valence-corrected chi connectivity index (χ0v) is 21.5. The fourth-order valence-corrected chi connectivity index (χ4v) is 4.44. The average Bonchev–Trinajstić information content (AvgIpc) is 3.58. The molecular weight excluding hydrogens is 436 g/mol. The molecule has 0 aliphatic heterocycles. The van der Waals surface area contributed by atoms with E-state index in [1.165, 1.54) is 24.0 Å². The molecule has 0 fully saturated rings. The molecule has 1 aromatic carbocycles. The van der Waals surface area contributed by atoms with Crippen molar-refractivity contribution in [1.82, 2.24) is 40.0 Å². The predicted molar refractivity (Wildman–Crippen MR) is 138 cm³/mol. The van der Waals surface area contributed by atoms with Gasteiger partial charge in [-0.05, 0) is 64.9 Å².